The smallest absolute Gasteiger partial charge is 0.260 e. The van der Waals surface area contributed by atoms with Crippen LogP contribution in [-0.2, 0) is 0 Å². The predicted octanol–water partition coefficient (Wildman–Crippen LogP) is 5.39. The molecular weight excluding hydrogens is 450 g/mol. The topological polar surface area (TPSA) is 117 Å². The van der Waals surface area contributed by atoms with Gasteiger partial charge in [-0.15, -0.1) is 0 Å². The first-order valence-corrected chi connectivity index (χ1v) is 9.85. The lowest BCUT2D eigenvalue weighted by atomic mass is 10.1. The maximum atomic E-state index is 14.5. The van der Waals surface area contributed by atoms with Crippen molar-refractivity contribution in [2.45, 2.75) is 6.92 Å². The third-order valence-electron chi connectivity index (χ3n) is 4.90. The number of hydrogen-bond acceptors (Lipinski definition) is 6. The van der Waals surface area contributed by atoms with Gasteiger partial charge in [-0.25, -0.2) is 13.8 Å². The molecule has 3 N–H and O–H groups in total. The van der Waals surface area contributed by atoms with Crippen LogP contribution in [0.3, 0.4) is 0 Å². The zero-order chi connectivity index (χ0) is 23.7. The standard InChI is InChI=1S/C23H13ClF2N6O/c1-11-3-2-4-12(7-11)31-15-5-6-16(22-17(15)23(33)30-10-29-22)32-21-14(9-28)19(25)13(8-27)20(26)18(21)24/h2-7,10,31-32H,1H3,(H,29,30,33). The summed E-state index contributed by atoms with van der Waals surface area (Å²) in [4.78, 5) is 19.3. The molecule has 0 atom stereocenters. The summed E-state index contributed by atoms with van der Waals surface area (Å²) >= 11 is 6.01. The minimum Gasteiger partial charge on any atom is -0.355 e. The molecule has 1 heterocycles. The molecule has 0 fully saturated rings. The van der Waals surface area contributed by atoms with Crippen molar-refractivity contribution in [1.82, 2.24) is 9.97 Å². The second-order valence-corrected chi connectivity index (χ2v) is 7.40. The van der Waals surface area contributed by atoms with Gasteiger partial charge < -0.3 is 15.6 Å². The lowest BCUT2D eigenvalue weighted by molar-refractivity contribution is 0.576. The Morgan fingerprint density at radius 3 is 2.45 bits per heavy atom. The summed E-state index contributed by atoms with van der Waals surface area (Å²) in [6.45, 7) is 1.93. The number of benzene rings is 3. The monoisotopic (exact) mass is 462 g/mol. The number of hydrogen-bond donors (Lipinski definition) is 3. The molecule has 0 amide bonds. The molecule has 10 heteroatoms. The van der Waals surface area contributed by atoms with E-state index in [0.29, 0.717) is 5.69 Å². The molecule has 0 aliphatic heterocycles. The summed E-state index contributed by atoms with van der Waals surface area (Å²) in [5.41, 5.74) is 0.105. The van der Waals surface area contributed by atoms with Gasteiger partial charge in [0.15, 0.2) is 11.6 Å². The first kappa shape index (κ1) is 21.8. The van der Waals surface area contributed by atoms with Gasteiger partial charge in [0.1, 0.15) is 33.8 Å². The number of H-pyrrole nitrogens is 1. The molecule has 3 aromatic carbocycles. The molecule has 7 nitrogen and oxygen atoms in total. The summed E-state index contributed by atoms with van der Waals surface area (Å²) in [7, 11) is 0. The highest BCUT2D eigenvalue weighted by Gasteiger charge is 2.25. The van der Waals surface area contributed by atoms with E-state index in [1.165, 1.54) is 18.5 Å². The molecule has 0 spiro atoms. The van der Waals surface area contributed by atoms with Gasteiger partial charge in [0.2, 0.25) is 0 Å². The average molecular weight is 463 g/mol. The molecule has 33 heavy (non-hydrogen) atoms. The third-order valence-corrected chi connectivity index (χ3v) is 5.25. The third kappa shape index (κ3) is 3.82. The van der Waals surface area contributed by atoms with Crippen LogP contribution < -0.4 is 16.2 Å². The Kier molecular flexibility index (Phi) is 5.65. The Balaban J connectivity index is 1.88. The predicted molar refractivity (Wildman–Crippen MR) is 121 cm³/mol. The number of aryl methyl sites for hydroxylation is 1. The number of fused-ring (bicyclic) bond motifs is 1. The van der Waals surface area contributed by atoms with Gasteiger partial charge in [-0.3, -0.25) is 4.79 Å². The maximum absolute atomic E-state index is 14.5. The van der Waals surface area contributed by atoms with Crippen molar-refractivity contribution >= 4 is 45.3 Å². The van der Waals surface area contributed by atoms with Crippen molar-refractivity contribution in [2.75, 3.05) is 10.6 Å². The fraction of sp³-hybridized carbons (Fsp3) is 0.0435. The molecule has 162 valence electrons. The molecule has 0 bridgehead atoms. The van der Waals surface area contributed by atoms with Crippen LogP contribution in [0.4, 0.5) is 31.5 Å². The van der Waals surface area contributed by atoms with Gasteiger partial charge in [-0.05, 0) is 36.8 Å². The van der Waals surface area contributed by atoms with Crippen LogP contribution in [0, 0.1) is 41.2 Å². The summed E-state index contributed by atoms with van der Waals surface area (Å²) in [6.07, 6.45) is 1.18. The van der Waals surface area contributed by atoms with E-state index in [4.69, 9.17) is 16.9 Å². The highest BCUT2D eigenvalue weighted by molar-refractivity contribution is 6.34. The number of nitriles is 2. The molecule has 0 saturated heterocycles. The zero-order valence-corrected chi connectivity index (χ0v) is 17.7. The van der Waals surface area contributed by atoms with E-state index >= 15 is 0 Å². The van der Waals surface area contributed by atoms with Crippen LogP contribution in [0.25, 0.3) is 10.9 Å². The van der Waals surface area contributed by atoms with E-state index in [2.05, 4.69) is 20.6 Å². The largest absolute Gasteiger partial charge is 0.355 e. The normalized spacial score (nSPS) is 10.5. The fourth-order valence-corrected chi connectivity index (χ4v) is 3.62. The van der Waals surface area contributed by atoms with E-state index in [-0.39, 0.29) is 22.3 Å². The van der Waals surface area contributed by atoms with E-state index in [1.807, 2.05) is 31.2 Å². The van der Waals surface area contributed by atoms with E-state index in [9.17, 15) is 18.8 Å². The maximum Gasteiger partial charge on any atom is 0.260 e. The van der Waals surface area contributed by atoms with Gasteiger partial charge in [-0.2, -0.15) is 10.5 Å². The molecule has 4 rings (SSSR count). The Labute approximate surface area is 190 Å². The van der Waals surface area contributed by atoms with Crippen LogP contribution >= 0.6 is 11.6 Å². The summed E-state index contributed by atoms with van der Waals surface area (Å²) < 4.78 is 29.0. The molecule has 1 aromatic heterocycles. The van der Waals surface area contributed by atoms with Crippen molar-refractivity contribution in [3.05, 3.63) is 86.4 Å². The Morgan fingerprint density at radius 2 is 1.76 bits per heavy atom. The van der Waals surface area contributed by atoms with Crippen LogP contribution in [0.1, 0.15) is 16.7 Å². The van der Waals surface area contributed by atoms with Gasteiger partial charge in [-0.1, -0.05) is 23.7 Å². The van der Waals surface area contributed by atoms with E-state index < -0.39 is 33.3 Å². The van der Waals surface area contributed by atoms with Crippen LogP contribution in [-0.4, -0.2) is 9.97 Å². The molecular formula is C23H13ClF2N6O. The summed E-state index contributed by atoms with van der Waals surface area (Å²) in [6, 6.07) is 13.6. The quantitative estimate of drug-likeness (QED) is 0.350. The summed E-state index contributed by atoms with van der Waals surface area (Å²) in [5, 5.41) is 23.8. The number of anilines is 4. The number of aromatic nitrogens is 2. The van der Waals surface area contributed by atoms with Crippen molar-refractivity contribution in [3.8, 4) is 12.1 Å². The van der Waals surface area contributed by atoms with Gasteiger partial charge in [0.25, 0.3) is 5.56 Å². The molecule has 0 aliphatic carbocycles. The minimum atomic E-state index is -1.34. The molecule has 0 saturated carbocycles. The van der Waals surface area contributed by atoms with Gasteiger partial charge in [0, 0.05) is 5.69 Å². The highest BCUT2D eigenvalue weighted by atomic mass is 35.5. The zero-order valence-electron chi connectivity index (χ0n) is 16.9. The highest BCUT2D eigenvalue weighted by Crippen LogP contribution is 2.38. The van der Waals surface area contributed by atoms with Crippen molar-refractivity contribution in [1.29, 1.82) is 10.5 Å². The second kappa shape index (κ2) is 8.58. The Morgan fingerprint density at radius 1 is 1.03 bits per heavy atom. The Hall–Kier alpha value is -4.47. The van der Waals surface area contributed by atoms with Crippen molar-refractivity contribution < 1.29 is 8.78 Å². The summed E-state index contributed by atoms with van der Waals surface area (Å²) in [5.74, 6) is -2.64. The Bertz CT molecular complexity index is 1570. The van der Waals surface area contributed by atoms with Gasteiger partial charge >= 0.3 is 0 Å². The number of aromatic amines is 1. The SMILES string of the molecule is Cc1cccc(Nc2ccc(Nc3c(Cl)c(F)c(C#N)c(F)c3C#N)c3nc[nH]c(=O)c23)c1. The fourth-order valence-electron chi connectivity index (χ4n) is 3.38. The van der Waals surface area contributed by atoms with Crippen LogP contribution in [0.5, 0.6) is 0 Å². The lowest BCUT2D eigenvalue weighted by Crippen LogP contribution is -2.11. The van der Waals surface area contributed by atoms with Crippen molar-refractivity contribution in [3.63, 3.8) is 0 Å². The van der Waals surface area contributed by atoms with Crippen LogP contribution in [0.15, 0.2) is 47.5 Å². The van der Waals surface area contributed by atoms with Gasteiger partial charge in [0.05, 0.1) is 28.8 Å². The molecule has 4 aromatic rings. The lowest BCUT2D eigenvalue weighted by Gasteiger charge is -2.16. The minimum absolute atomic E-state index is 0.168. The van der Waals surface area contributed by atoms with E-state index in [0.717, 1.165) is 11.3 Å². The number of nitrogens with one attached hydrogen (secondary N) is 3. The average Bonchev–Trinajstić information content (AvgIpc) is 2.79. The van der Waals surface area contributed by atoms with Crippen molar-refractivity contribution in [2.24, 2.45) is 0 Å². The second-order valence-electron chi connectivity index (χ2n) is 7.03. The number of halogens is 3. The molecule has 0 unspecified atom stereocenters. The number of nitrogens with zero attached hydrogens (tertiary/aromatic N) is 3. The van der Waals surface area contributed by atoms with E-state index in [1.54, 1.807) is 12.1 Å². The molecule has 0 aliphatic rings. The first-order chi connectivity index (χ1) is 15.8. The number of rotatable bonds is 4. The molecule has 0 radical (unpaired) electrons. The van der Waals surface area contributed by atoms with Crippen LogP contribution in [0.2, 0.25) is 5.02 Å². The first-order valence-electron chi connectivity index (χ1n) is 9.47.